The van der Waals surface area contributed by atoms with Crippen molar-refractivity contribution < 1.29 is 4.74 Å². The lowest BCUT2D eigenvalue weighted by Gasteiger charge is -2.23. The van der Waals surface area contributed by atoms with Crippen molar-refractivity contribution in [3.8, 4) is 0 Å². The highest BCUT2D eigenvalue weighted by atomic mass is 16.5. The van der Waals surface area contributed by atoms with Crippen molar-refractivity contribution in [2.24, 2.45) is 5.92 Å². The molecule has 1 fully saturated rings. The molecule has 0 unspecified atom stereocenters. The summed E-state index contributed by atoms with van der Waals surface area (Å²) in [4.78, 5) is 0. The van der Waals surface area contributed by atoms with Crippen LogP contribution in [0.3, 0.4) is 0 Å². The van der Waals surface area contributed by atoms with Gasteiger partial charge in [-0.05, 0) is 32.7 Å². The normalized spacial score (nSPS) is 18.2. The molecule has 2 nitrogen and oxygen atoms in total. The maximum atomic E-state index is 5.30. The highest BCUT2D eigenvalue weighted by molar-refractivity contribution is 4.75. The lowest BCUT2D eigenvalue weighted by atomic mass is 10.1. The second-order valence-electron chi connectivity index (χ2n) is 4.37. The summed E-state index contributed by atoms with van der Waals surface area (Å²) in [6, 6.07) is 0. The summed E-state index contributed by atoms with van der Waals surface area (Å²) < 4.78 is 5.30. The average molecular weight is 171 g/mol. The van der Waals surface area contributed by atoms with E-state index < -0.39 is 0 Å². The molecule has 72 valence electrons. The number of nitrogens with one attached hydrogen (secondary N) is 1. The van der Waals surface area contributed by atoms with Crippen LogP contribution in [0, 0.1) is 5.92 Å². The molecule has 1 N–H and O–H groups in total. The zero-order valence-electron chi connectivity index (χ0n) is 8.52. The third-order valence-electron chi connectivity index (χ3n) is 2.53. The van der Waals surface area contributed by atoms with Crippen molar-refractivity contribution >= 4 is 0 Å². The predicted octanol–water partition coefficient (Wildman–Crippen LogP) is 1.80. The van der Waals surface area contributed by atoms with Gasteiger partial charge in [0.15, 0.2) is 0 Å². The van der Waals surface area contributed by atoms with E-state index in [-0.39, 0.29) is 5.60 Å². The van der Waals surface area contributed by atoms with Gasteiger partial charge in [0.1, 0.15) is 0 Å². The van der Waals surface area contributed by atoms with Crippen molar-refractivity contribution in [3.05, 3.63) is 0 Å². The van der Waals surface area contributed by atoms with E-state index in [0.717, 1.165) is 19.0 Å². The molecular formula is C10H21NO. The van der Waals surface area contributed by atoms with Crippen LogP contribution >= 0.6 is 0 Å². The lowest BCUT2D eigenvalue weighted by molar-refractivity contribution is 0.0233. The van der Waals surface area contributed by atoms with Gasteiger partial charge in [-0.1, -0.05) is 12.8 Å². The topological polar surface area (TPSA) is 21.3 Å². The van der Waals surface area contributed by atoms with Crippen molar-refractivity contribution in [2.45, 2.75) is 38.7 Å². The van der Waals surface area contributed by atoms with Gasteiger partial charge in [-0.25, -0.2) is 0 Å². The van der Waals surface area contributed by atoms with Crippen LogP contribution in [0.1, 0.15) is 33.1 Å². The van der Waals surface area contributed by atoms with Crippen molar-refractivity contribution in [1.82, 2.24) is 5.32 Å². The monoisotopic (exact) mass is 171 g/mol. The SMILES string of the molecule is COC(C)(C)CNCCC1CC1. The van der Waals surface area contributed by atoms with Crippen LogP contribution in [0.15, 0.2) is 0 Å². The Morgan fingerprint density at radius 2 is 2.08 bits per heavy atom. The highest BCUT2D eigenvalue weighted by Gasteiger charge is 2.21. The third-order valence-corrected chi connectivity index (χ3v) is 2.53. The van der Waals surface area contributed by atoms with Gasteiger partial charge in [0.25, 0.3) is 0 Å². The molecule has 0 heterocycles. The average Bonchev–Trinajstić information content (AvgIpc) is 2.82. The predicted molar refractivity (Wildman–Crippen MR) is 51.3 cm³/mol. The second kappa shape index (κ2) is 4.24. The van der Waals surface area contributed by atoms with Crippen LogP contribution < -0.4 is 5.32 Å². The minimum atomic E-state index is -0.0104. The molecule has 2 heteroatoms. The first-order valence-corrected chi connectivity index (χ1v) is 4.90. The fraction of sp³-hybridized carbons (Fsp3) is 1.00. The fourth-order valence-corrected chi connectivity index (χ4v) is 1.17. The molecule has 0 aromatic rings. The van der Waals surface area contributed by atoms with E-state index in [1.165, 1.54) is 19.3 Å². The minimum Gasteiger partial charge on any atom is -0.377 e. The standard InChI is InChI=1S/C10H21NO/c1-10(2,12-3)8-11-7-6-9-4-5-9/h9,11H,4-8H2,1-3H3. The van der Waals surface area contributed by atoms with Gasteiger partial charge < -0.3 is 10.1 Å². The summed E-state index contributed by atoms with van der Waals surface area (Å²) in [5, 5.41) is 3.42. The maximum Gasteiger partial charge on any atom is 0.0746 e. The molecule has 0 saturated heterocycles. The molecule has 1 aliphatic carbocycles. The summed E-state index contributed by atoms with van der Waals surface area (Å²) in [6.45, 7) is 6.32. The van der Waals surface area contributed by atoms with Crippen molar-refractivity contribution in [2.75, 3.05) is 20.2 Å². The molecule has 0 atom stereocenters. The van der Waals surface area contributed by atoms with Crippen LogP contribution in [0.4, 0.5) is 0 Å². The zero-order valence-corrected chi connectivity index (χ0v) is 8.52. The van der Waals surface area contributed by atoms with Gasteiger partial charge in [-0.3, -0.25) is 0 Å². The van der Waals surface area contributed by atoms with Gasteiger partial charge in [0.2, 0.25) is 0 Å². The number of methoxy groups -OCH3 is 1. The molecule has 0 aromatic carbocycles. The van der Waals surface area contributed by atoms with Gasteiger partial charge >= 0.3 is 0 Å². The summed E-state index contributed by atoms with van der Waals surface area (Å²) in [6.07, 6.45) is 4.25. The smallest absolute Gasteiger partial charge is 0.0746 e. The summed E-state index contributed by atoms with van der Waals surface area (Å²) in [7, 11) is 1.77. The van der Waals surface area contributed by atoms with E-state index >= 15 is 0 Å². The molecule has 0 amide bonds. The number of hydrogen-bond acceptors (Lipinski definition) is 2. The molecule has 0 radical (unpaired) electrons. The van der Waals surface area contributed by atoms with Gasteiger partial charge in [-0.2, -0.15) is 0 Å². The van der Waals surface area contributed by atoms with E-state index in [4.69, 9.17) is 4.74 Å². The Labute approximate surface area is 75.7 Å². The summed E-state index contributed by atoms with van der Waals surface area (Å²) >= 11 is 0. The van der Waals surface area contributed by atoms with E-state index in [1.807, 2.05) is 0 Å². The maximum absolute atomic E-state index is 5.30. The second-order valence-corrected chi connectivity index (χ2v) is 4.37. The lowest BCUT2D eigenvalue weighted by Crippen LogP contribution is -2.37. The van der Waals surface area contributed by atoms with Crippen LogP contribution in [0.2, 0.25) is 0 Å². The Hall–Kier alpha value is -0.0800. The van der Waals surface area contributed by atoms with Gasteiger partial charge in [-0.15, -0.1) is 0 Å². The highest BCUT2D eigenvalue weighted by Crippen LogP contribution is 2.31. The van der Waals surface area contributed by atoms with Gasteiger partial charge in [0, 0.05) is 13.7 Å². The Balaban J connectivity index is 1.92. The minimum absolute atomic E-state index is 0.0104. The molecule has 0 aromatic heterocycles. The quantitative estimate of drug-likeness (QED) is 0.615. The van der Waals surface area contributed by atoms with Crippen LogP contribution in [-0.4, -0.2) is 25.8 Å². The zero-order chi connectivity index (χ0) is 9.03. The first-order valence-electron chi connectivity index (χ1n) is 4.90. The Kier molecular flexibility index (Phi) is 3.53. The molecule has 0 bridgehead atoms. The first-order chi connectivity index (χ1) is 5.64. The summed E-state index contributed by atoms with van der Waals surface area (Å²) in [5.74, 6) is 1.03. The van der Waals surface area contributed by atoms with Gasteiger partial charge in [0.05, 0.1) is 5.60 Å². The van der Waals surface area contributed by atoms with Crippen molar-refractivity contribution in [3.63, 3.8) is 0 Å². The Morgan fingerprint density at radius 1 is 1.42 bits per heavy atom. The number of rotatable bonds is 6. The van der Waals surface area contributed by atoms with Crippen LogP contribution in [0.25, 0.3) is 0 Å². The van der Waals surface area contributed by atoms with E-state index in [1.54, 1.807) is 7.11 Å². The Bertz CT molecular complexity index is 130. The van der Waals surface area contributed by atoms with E-state index in [0.29, 0.717) is 0 Å². The van der Waals surface area contributed by atoms with E-state index in [2.05, 4.69) is 19.2 Å². The van der Waals surface area contributed by atoms with Crippen LogP contribution in [0.5, 0.6) is 0 Å². The third kappa shape index (κ3) is 4.07. The molecule has 1 saturated carbocycles. The number of ether oxygens (including phenoxy) is 1. The fourth-order valence-electron chi connectivity index (χ4n) is 1.17. The molecule has 1 rings (SSSR count). The summed E-state index contributed by atoms with van der Waals surface area (Å²) in [5.41, 5.74) is -0.0104. The molecular weight excluding hydrogens is 150 g/mol. The van der Waals surface area contributed by atoms with E-state index in [9.17, 15) is 0 Å². The van der Waals surface area contributed by atoms with Crippen LogP contribution in [-0.2, 0) is 4.74 Å². The molecule has 0 spiro atoms. The number of hydrogen-bond donors (Lipinski definition) is 1. The first kappa shape index (κ1) is 10.0. The molecule has 12 heavy (non-hydrogen) atoms. The molecule has 1 aliphatic rings. The molecule has 0 aliphatic heterocycles. The largest absolute Gasteiger partial charge is 0.377 e. The Morgan fingerprint density at radius 3 is 2.58 bits per heavy atom. The van der Waals surface area contributed by atoms with Crippen molar-refractivity contribution in [1.29, 1.82) is 0 Å².